The topological polar surface area (TPSA) is 41.9 Å². The summed E-state index contributed by atoms with van der Waals surface area (Å²) in [6.07, 6.45) is -0.213. The van der Waals surface area contributed by atoms with E-state index in [0.717, 1.165) is 14.0 Å². The fraction of sp³-hybridized carbons (Fsp3) is 0.355. The van der Waals surface area contributed by atoms with E-state index in [1.54, 1.807) is 0 Å². The molecule has 0 aliphatic carbocycles. The van der Waals surface area contributed by atoms with Crippen LogP contribution in [0.3, 0.4) is 0 Å². The van der Waals surface area contributed by atoms with Crippen LogP contribution in [-0.2, 0) is 13.5 Å². The number of fused-ring (bicyclic) bond motifs is 2. The van der Waals surface area contributed by atoms with E-state index in [2.05, 4.69) is 112 Å². The maximum atomic E-state index is 14.0. The van der Waals surface area contributed by atoms with E-state index in [-0.39, 0.29) is 44.0 Å². The molecule has 2 heterocycles. The number of halogens is 2. The molecule has 1 amide bonds. The van der Waals surface area contributed by atoms with Crippen molar-refractivity contribution in [1.82, 2.24) is 4.90 Å². The van der Waals surface area contributed by atoms with Crippen LogP contribution in [0.15, 0.2) is 81.9 Å². The summed E-state index contributed by atoms with van der Waals surface area (Å²) >= 11 is 8.35. The normalized spacial score (nSPS) is 25.1. The first-order valence-corrected chi connectivity index (χ1v) is 19.2. The predicted octanol–water partition coefficient (Wildman–Crippen LogP) is 8.28. The van der Waals surface area contributed by atoms with E-state index in [0.29, 0.717) is 5.02 Å². The van der Waals surface area contributed by atoms with Crippen molar-refractivity contribution in [3.63, 3.8) is 0 Å². The summed E-state index contributed by atoms with van der Waals surface area (Å²) in [7, 11) is -2.10. The van der Waals surface area contributed by atoms with Crippen LogP contribution in [0.1, 0.15) is 33.3 Å². The molecule has 0 N–H and O–H groups in total. The number of carbonyl (C=O) groups excluding carboxylic acids is 1. The van der Waals surface area contributed by atoms with Gasteiger partial charge in [0.15, 0.2) is 0 Å². The number of amidine groups is 1. The molecular formula is C31H34ClIN2O2SeSi. The quantitative estimate of drug-likeness (QED) is 0.145. The zero-order valence-corrected chi connectivity index (χ0v) is 28.8. The molecule has 4 atom stereocenters. The number of aliphatic imine (C=N–C) groups is 1. The summed E-state index contributed by atoms with van der Waals surface area (Å²) in [4.78, 5) is 21.0. The summed E-state index contributed by atoms with van der Waals surface area (Å²) in [6, 6.07) is 22.4. The number of carbonyl (C=O) groups is 1. The van der Waals surface area contributed by atoms with Gasteiger partial charge in [-0.05, 0) is 0 Å². The van der Waals surface area contributed by atoms with Crippen LogP contribution in [0.25, 0.3) is 10.8 Å². The van der Waals surface area contributed by atoms with Crippen molar-refractivity contribution in [1.29, 1.82) is 0 Å². The molecule has 8 heteroatoms. The molecule has 0 radical (unpaired) electrons. The van der Waals surface area contributed by atoms with Gasteiger partial charge in [-0.1, -0.05) is 0 Å². The number of amides is 1. The molecule has 3 aromatic carbocycles. The number of benzene rings is 3. The van der Waals surface area contributed by atoms with Gasteiger partial charge in [-0.3, -0.25) is 0 Å². The molecule has 1 unspecified atom stereocenters. The van der Waals surface area contributed by atoms with Crippen molar-refractivity contribution in [2.75, 3.05) is 0 Å². The van der Waals surface area contributed by atoms with Crippen molar-refractivity contribution in [3.8, 4) is 0 Å². The number of nitrogens with zero attached hydrogens (tertiary/aromatic N) is 2. The Morgan fingerprint density at radius 1 is 1.13 bits per heavy atom. The monoisotopic (exact) mass is 736 g/mol. The maximum absolute atomic E-state index is 14.0. The molecular weight excluding hydrogens is 702 g/mol. The third-order valence-electron chi connectivity index (χ3n) is 8.45. The van der Waals surface area contributed by atoms with Gasteiger partial charge in [0.25, 0.3) is 0 Å². The van der Waals surface area contributed by atoms with Crippen LogP contribution in [0.5, 0.6) is 0 Å². The Kier molecular flexibility index (Phi) is 7.75. The summed E-state index contributed by atoms with van der Waals surface area (Å²) in [5.74, 6) is -0.176. The van der Waals surface area contributed by atoms with Crippen molar-refractivity contribution >= 4 is 84.6 Å². The van der Waals surface area contributed by atoms with Gasteiger partial charge in [-0.25, -0.2) is 0 Å². The van der Waals surface area contributed by atoms with Crippen molar-refractivity contribution in [3.05, 3.63) is 87.5 Å². The van der Waals surface area contributed by atoms with Gasteiger partial charge in [0.2, 0.25) is 0 Å². The van der Waals surface area contributed by atoms with Gasteiger partial charge < -0.3 is 0 Å². The molecule has 2 fully saturated rings. The van der Waals surface area contributed by atoms with Gasteiger partial charge in [-0.15, -0.1) is 0 Å². The first-order chi connectivity index (χ1) is 18.3. The number of β-lactam (4-membered cyclic amide) rings is 1. The summed E-state index contributed by atoms with van der Waals surface area (Å²) in [5, 5.41) is 3.10. The standard InChI is InChI=1S/C31H34ClIN2O2SeSi/c1-19(37-39(6,7)30(3,4)5)26-27-31(20(2)33,25-14-10-12-21-11-8-9-13-24(21)25)38-29(35(27)28(26)36)34-23-17-15-22(32)16-18-23/h8-19,26-27H,2H2,1,3-7H3/t19-,26-,27+,31?/m1/s1. The van der Waals surface area contributed by atoms with Gasteiger partial charge in [0.05, 0.1) is 0 Å². The Bertz CT molecular complexity index is 1480. The average Bonchev–Trinajstić information content (AvgIpc) is 3.15. The van der Waals surface area contributed by atoms with Gasteiger partial charge in [-0.2, -0.15) is 0 Å². The van der Waals surface area contributed by atoms with Crippen LogP contribution < -0.4 is 0 Å². The van der Waals surface area contributed by atoms with Gasteiger partial charge in [0.1, 0.15) is 0 Å². The van der Waals surface area contributed by atoms with Crippen molar-refractivity contribution in [2.45, 2.75) is 62.3 Å². The molecule has 39 heavy (non-hydrogen) atoms. The van der Waals surface area contributed by atoms with Gasteiger partial charge in [0, 0.05) is 0 Å². The van der Waals surface area contributed by atoms with E-state index < -0.39 is 12.6 Å². The molecule has 4 nitrogen and oxygen atoms in total. The van der Waals surface area contributed by atoms with Crippen LogP contribution in [0.4, 0.5) is 5.69 Å². The zero-order chi connectivity index (χ0) is 28.3. The number of hydrogen-bond donors (Lipinski definition) is 0. The minimum absolute atomic E-state index is 0.0497. The molecule has 2 aliphatic heterocycles. The summed E-state index contributed by atoms with van der Waals surface area (Å²) < 4.78 is 8.29. The minimum atomic E-state index is -2.10. The van der Waals surface area contributed by atoms with E-state index in [9.17, 15) is 4.79 Å². The fourth-order valence-electron chi connectivity index (χ4n) is 5.41. The van der Waals surface area contributed by atoms with Gasteiger partial charge >= 0.3 is 259 Å². The Morgan fingerprint density at radius 2 is 1.77 bits per heavy atom. The van der Waals surface area contributed by atoms with Crippen LogP contribution in [0, 0.1) is 5.92 Å². The molecule has 2 saturated heterocycles. The molecule has 0 spiro atoms. The Balaban J connectivity index is 1.67. The van der Waals surface area contributed by atoms with Crippen LogP contribution >= 0.6 is 34.2 Å². The molecule has 0 aromatic heterocycles. The second kappa shape index (κ2) is 10.4. The molecule has 0 saturated carbocycles. The third-order valence-corrected chi connectivity index (χ3v) is 18.1. The second-order valence-corrected chi connectivity index (χ2v) is 20.9. The first kappa shape index (κ1) is 29.0. The molecule has 0 bridgehead atoms. The van der Waals surface area contributed by atoms with E-state index in [4.69, 9.17) is 21.0 Å². The fourth-order valence-corrected chi connectivity index (χ4v) is 11.3. The van der Waals surface area contributed by atoms with E-state index in [1.165, 1.54) is 16.3 Å². The SMILES string of the molecule is C=C(I)C1(c2cccc3ccccc23)[Se]C(=Nc2ccc(Cl)cc2)N2C(=O)[C@H]([C@@H](C)O[Si](C)(C)C(C)(C)C)[C@H]21. The summed E-state index contributed by atoms with van der Waals surface area (Å²) in [5.41, 5.74) is 2.01. The Labute approximate surface area is 257 Å². The van der Waals surface area contributed by atoms with E-state index in [1.807, 2.05) is 29.2 Å². The van der Waals surface area contributed by atoms with Crippen LogP contribution in [0.2, 0.25) is 23.2 Å². The third kappa shape index (κ3) is 4.87. The predicted molar refractivity (Wildman–Crippen MR) is 175 cm³/mol. The molecule has 3 aromatic rings. The molecule has 204 valence electrons. The van der Waals surface area contributed by atoms with Crippen molar-refractivity contribution in [2.24, 2.45) is 10.9 Å². The molecule has 2 aliphatic rings. The first-order valence-electron chi connectivity index (χ1n) is 13.2. The van der Waals surface area contributed by atoms with Crippen LogP contribution in [-0.4, -0.2) is 51.0 Å². The average molecular weight is 736 g/mol. The second-order valence-electron chi connectivity index (χ2n) is 11.9. The number of hydrogen-bond acceptors (Lipinski definition) is 3. The number of rotatable bonds is 6. The zero-order valence-electron chi connectivity index (χ0n) is 23.2. The van der Waals surface area contributed by atoms with E-state index >= 15 is 0 Å². The van der Waals surface area contributed by atoms with Crippen molar-refractivity contribution < 1.29 is 9.22 Å². The molecule has 5 rings (SSSR count). The Morgan fingerprint density at radius 3 is 2.41 bits per heavy atom. The Hall–Kier alpha value is -1.48. The summed E-state index contributed by atoms with van der Waals surface area (Å²) in [6.45, 7) is 17.9.